The smallest absolute Gasteiger partial charge is 0.436 e. The fourth-order valence-corrected chi connectivity index (χ4v) is 2.37. The number of H-pyrrole nitrogens is 1. The van der Waals surface area contributed by atoms with Gasteiger partial charge in [0.05, 0.1) is 21.9 Å². The van der Waals surface area contributed by atoms with Gasteiger partial charge < -0.3 is 15.8 Å². The number of aromatic nitrogens is 3. The third-order valence-corrected chi connectivity index (χ3v) is 3.44. The Labute approximate surface area is 149 Å². The average Bonchev–Trinajstić information content (AvgIpc) is 2.99. The van der Waals surface area contributed by atoms with Crippen molar-refractivity contribution >= 4 is 40.5 Å². The van der Waals surface area contributed by atoms with Crippen LogP contribution >= 0.6 is 23.2 Å². The highest BCUT2D eigenvalue weighted by molar-refractivity contribution is 6.37. The van der Waals surface area contributed by atoms with Crippen LogP contribution in [0.25, 0.3) is 0 Å². The SMILES string of the molecule is Nc1ccc(Oc2c(Cl)cc(NC(=O)c3noc(=O)[nH]3)cc2Cl)nc1. The number of nitrogen functional groups attached to an aromatic ring is 1. The number of hydrogen-bond donors (Lipinski definition) is 3. The average molecular weight is 382 g/mol. The van der Waals surface area contributed by atoms with Gasteiger partial charge in [0.2, 0.25) is 11.7 Å². The van der Waals surface area contributed by atoms with Gasteiger partial charge in [-0.3, -0.25) is 14.3 Å². The number of halogens is 2. The second-order valence-corrected chi connectivity index (χ2v) is 5.51. The van der Waals surface area contributed by atoms with Crippen molar-refractivity contribution in [2.24, 2.45) is 0 Å². The number of aromatic amines is 1. The van der Waals surface area contributed by atoms with Crippen molar-refractivity contribution in [3.8, 4) is 11.6 Å². The summed E-state index contributed by atoms with van der Waals surface area (Å²) in [5, 5.41) is 6.01. The Kier molecular flexibility index (Phi) is 4.59. The van der Waals surface area contributed by atoms with E-state index in [1.165, 1.54) is 18.3 Å². The first-order valence-electron chi connectivity index (χ1n) is 6.68. The van der Waals surface area contributed by atoms with Gasteiger partial charge in [-0.05, 0) is 23.4 Å². The number of amides is 1. The van der Waals surface area contributed by atoms with Gasteiger partial charge >= 0.3 is 5.76 Å². The number of nitrogens with zero attached hydrogens (tertiary/aromatic N) is 2. The lowest BCUT2D eigenvalue weighted by molar-refractivity contribution is 0.101. The van der Waals surface area contributed by atoms with Crippen molar-refractivity contribution < 1.29 is 14.1 Å². The molecule has 2 heterocycles. The summed E-state index contributed by atoms with van der Waals surface area (Å²) < 4.78 is 9.78. The maximum absolute atomic E-state index is 11.9. The fourth-order valence-electron chi connectivity index (χ4n) is 1.80. The number of nitrogens with one attached hydrogen (secondary N) is 2. The normalized spacial score (nSPS) is 10.5. The van der Waals surface area contributed by atoms with Crippen LogP contribution < -0.4 is 21.5 Å². The molecule has 0 aliphatic heterocycles. The van der Waals surface area contributed by atoms with E-state index in [2.05, 4.69) is 25.0 Å². The van der Waals surface area contributed by atoms with Crippen molar-refractivity contribution in [1.29, 1.82) is 0 Å². The van der Waals surface area contributed by atoms with Gasteiger partial charge in [-0.2, -0.15) is 0 Å². The molecule has 0 spiro atoms. The van der Waals surface area contributed by atoms with Gasteiger partial charge in [-0.1, -0.05) is 23.2 Å². The highest BCUT2D eigenvalue weighted by Crippen LogP contribution is 2.38. The van der Waals surface area contributed by atoms with Gasteiger partial charge in [0.1, 0.15) is 0 Å². The molecular formula is C14H9Cl2N5O4. The molecule has 4 N–H and O–H groups in total. The van der Waals surface area contributed by atoms with Gasteiger partial charge in [-0.15, -0.1) is 0 Å². The van der Waals surface area contributed by atoms with Crippen LogP contribution in [0.3, 0.4) is 0 Å². The van der Waals surface area contributed by atoms with E-state index in [1.54, 1.807) is 12.1 Å². The van der Waals surface area contributed by atoms with Gasteiger partial charge in [0, 0.05) is 11.8 Å². The topological polar surface area (TPSA) is 136 Å². The molecule has 0 unspecified atom stereocenters. The Morgan fingerprint density at radius 2 is 2.00 bits per heavy atom. The van der Waals surface area contributed by atoms with Crippen molar-refractivity contribution in [1.82, 2.24) is 15.1 Å². The lowest BCUT2D eigenvalue weighted by Crippen LogP contribution is -2.14. The number of nitrogens with two attached hydrogens (primary N) is 1. The molecule has 1 amide bonds. The molecule has 9 nitrogen and oxygen atoms in total. The minimum atomic E-state index is -0.846. The minimum absolute atomic E-state index is 0.134. The van der Waals surface area contributed by atoms with Crippen LogP contribution in [0.15, 0.2) is 39.8 Å². The third kappa shape index (κ3) is 3.90. The van der Waals surface area contributed by atoms with E-state index in [1.807, 2.05) is 0 Å². The fraction of sp³-hybridized carbons (Fsp3) is 0. The number of ether oxygens (including phenoxy) is 1. The first kappa shape index (κ1) is 16.8. The summed E-state index contributed by atoms with van der Waals surface area (Å²) >= 11 is 12.3. The molecule has 0 atom stereocenters. The Bertz CT molecular complexity index is 960. The number of rotatable bonds is 4. The summed E-state index contributed by atoms with van der Waals surface area (Å²) in [6.45, 7) is 0. The van der Waals surface area contributed by atoms with Crippen LogP contribution in [0.1, 0.15) is 10.6 Å². The molecule has 3 aromatic rings. The zero-order valence-electron chi connectivity index (χ0n) is 12.2. The predicted molar refractivity (Wildman–Crippen MR) is 90.3 cm³/mol. The molecule has 0 aliphatic rings. The van der Waals surface area contributed by atoms with Crippen LogP contribution in [-0.4, -0.2) is 21.0 Å². The summed E-state index contributed by atoms with van der Waals surface area (Å²) in [4.78, 5) is 28.9. The van der Waals surface area contributed by atoms with Crippen molar-refractivity contribution in [3.05, 3.63) is 56.9 Å². The zero-order chi connectivity index (χ0) is 18.0. The van der Waals surface area contributed by atoms with Gasteiger partial charge in [0.25, 0.3) is 5.91 Å². The zero-order valence-corrected chi connectivity index (χ0v) is 13.8. The summed E-state index contributed by atoms with van der Waals surface area (Å²) in [5.74, 6) is -1.43. The van der Waals surface area contributed by atoms with Crippen LogP contribution in [-0.2, 0) is 0 Å². The van der Waals surface area contributed by atoms with Gasteiger partial charge in [0.15, 0.2) is 5.75 Å². The van der Waals surface area contributed by atoms with E-state index in [0.717, 1.165) is 0 Å². The number of benzene rings is 1. The Hall–Kier alpha value is -3.04. The standard InChI is InChI=1S/C14H9Cl2N5O4/c15-8-3-7(19-13(22)12-20-14(23)25-21-12)4-9(16)11(8)24-10-2-1-6(17)5-18-10/h1-5H,17H2,(H,19,22)(H,20,21,23). The quantitative estimate of drug-likeness (QED) is 0.631. The summed E-state index contributed by atoms with van der Waals surface area (Å²) in [6, 6.07) is 5.99. The maximum Gasteiger partial charge on any atom is 0.439 e. The first-order valence-corrected chi connectivity index (χ1v) is 7.44. The molecular weight excluding hydrogens is 373 g/mol. The van der Waals surface area contributed by atoms with Gasteiger partial charge in [-0.25, -0.2) is 9.78 Å². The molecule has 2 aromatic heterocycles. The molecule has 0 saturated heterocycles. The summed E-state index contributed by atoms with van der Waals surface area (Å²) in [6.07, 6.45) is 1.42. The molecule has 0 radical (unpaired) electrons. The van der Waals surface area contributed by atoms with Crippen molar-refractivity contribution in [2.45, 2.75) is 0 Å². The van der Waals surface area contributed by atoms with Crippen molar-refractivity contribution in [3.63, 3.8) is 0 Å². The number of anilines is 2. The lowest BCUT2D eigenvalue weighted by Gasteiger charge is -2.11. The molecule has 25 heavy (non-hydrogen) atoms. The molecule has 0 saturated carbocycles. The summed E-state index contributed by atoms with van der Waals surface area (Å²) in [7, 11) is 0. The monoisotopic (exact) mass is 381 g/mol. The largest absolute Gasteiger partial charge is 0.439 e. The molecule has 0 fully saturated rings. The van der Waals surface area contributed by atoms with E-state index in [-0.39, 0.29) is 33.2 Å². The van der Waals surface area contributed by atoms with Crippen LogP contribution in [0, 0.1) is 0 Å². The highest BCUT2D eigenvalue weighted by Gasteiger charge is 2.16. The minimum Gasteiger partial charge on any atom is -0.436 e. The lowest BCUT2D eigenvalue weighted by atomic mass is 10.3. The Morgan fingerprint density at radius 1 is 1.28 bits per heavy atom. The number of hydrogen-bond acceptors (Lipinski definition) is 7. The molecule has 3 rings (SSSR count). The van der Waals surface area contributed by atoms with Crippen molar-refractivity contribution in [2.75, 3.05) is 11.1 Å². The number of carbonyl (C=O) groups is 1. The second-order valence-electron chi connectivity index (χ2n) is 4.70. The molecule has 128 valence electrons. The van der Waals surface area contributed by atoms with Crippen LogP contribution in [0.4, 0.5) is 11.4 Å². The molecule has 0 bridgehead atoms. The first-order chi connectivity index (χ1) is 11.9. The number of carbonyl (C=O) groups excluding carboxylic acids is 1. The molecule has 1 aromatic carbocycles. The summed E-state index contributed by atoms with van der Waals surface area (Å²) in [5.41, 5.74) is 6.30. The Morgan fingerprint density at radius 3 is 2.56 bits per heavy atom. The Balaban J connectivity index is 1.81. The molecule has 0 aliphatic carbocycles. The van der Waals surface area contributed by atoms with Crippen LogP contribution in [0.2, 0.25) is 10.0 Å². The number of pyridine rings is 1. The van der Waals surface area contributed by atoms with E-state index < -0.39 is 11.7 Å². The highest BCUT2D eigenvalue weighted by atomic mass is 35.5. The maximum atomic E-state index is 11.9. The van der Waals surface area contributed by atoms with E-state index in [9.17, 15) is 9.59 Å². The van der Waals surface area contributed by atoms with Crippen LogP contribution in [0.5, 0.6) is 11.6 Å². The van der Waals surface area contributed by atoms with E-state index in [4.69, 9.17) is 33.7 Å². The second kappa shape index (κ2) is 6.83. The third-order valence-electron chi connectivity index (χ3n) is 2.88. The predicted octanol–water partition coefficient (Wildman–Crippen LogP) is 2.69. The van der Waals surface area contributed by atoms with E-state index >= 15 is 0 Å². The molecule has 11 heteroatoms. The van der Waals surface area contributed by atoms with E-state index in [0.29, 0.717) is 5.69 Å².